The van der Waals surface area contributed by atoms with Crippen LogP contribution >= 0.6 is 0 Å². The number of nitrogens with zero attached hydrogens (tertiary/aromatic N) is 4. The summed E-state index contributed by atoms with van der Waals surface area (Å²) in [6.45, 7) is 5.19. The molecule has 2 aliphatic heterocycles. The monoisotopic (exact) mass is 562 g/mol. The minimum Gasteiger partial charge on any atom is -0.493 e. The number of carbonyl (C=O) groups is 1. The standard InChI is InChI=1S/C30H38N6O5/c1-38-25-17-23(18-26(39-2)28(25)40-3)33-30-31-10-9-27(34-30)36-11-5-7-22(20-36)29(37)32-19-21-6-4-8-24(16-21)35-12-14-41-15-13-35/h4,6,8-10,16-18,22H,5,7,11-15,19-20H2,1-3H3,(H,32,37)(H,31,33,34). The van der Waals surface area contributed by atoms with Crippen LogP contribution in [-0.4, -0.2) is 76.6 Å². The lowest BCUT2D eigenvalue weighted by molar-refractivity contribution is -0.125. The summed E-state index contributed by atoms with van der Waals surface area (Å²) >= 11 is 0. The predicted molar refractivity (Wildman–Crippen MR) is 158 cm³/mol. The number of hydrogen-bond acceptors (Lipinski definition) is 10. The van der Waals surface area contributed by atoms with Gasteiger partial charge in [-0.15, -0.1) is 0 Å². The summed E-state index contributed by atoms with van der Waals surface area (Å²) in [4.78, 5) is 26.8. The zero-order valence-corrected chi connectivity index (χ0v) is 23.9. The van der Waals surface area contributed by atoms with Gasteiger partial charge in [-0.3, -0.25) is 4.79 Å². The minimum absolute atomic E-state index is 0.0660. The van der Waals surface area contributed by atoms with E-state index in [1.807, 2.05) is 12.1 Å². The number of amides is 1. The fourth-order valence-corrected chi connectivity index (χ4v) is 5.29. The molecule has 3 aromatic rings. The van der Waals surface area contributed by atoms with Crippen LogP contribution in [0.5, 0.6) is 17.2 Å². The number of hydrogen-bond donors (Lipinski definition) is 2. The molecule has 11 nitrogen and oxygen atoms in total. The summed E-state index contributed by atoms with van der Waals surface area (Å²) in [6, 6.07) is 13.8. The van der Waals surface area contributed by atoms with Crippen molar-refractivity contribution in [2.75, 3.05) is 75.8 Å². The molecule has 2 aromatic carbocycles. The maximum absolute atomic E-state index is 13.2. The minimum atomic E-state index is -0.118. The third-order valence-corrected chi connectivity index (χ3v) is 7.43. The second kappa shape index (κ2) is 13.4. The number of nitrogens with one attached hydrogen (secondary N) is 2. The Morgan fingerprint density at radius 2 is 1.78 bits per heavy atom. The Labute approximate surface area is 240 Å². The molecule has 2 saturated heterocycles. The maximum Gasteiger partial charge on any atom is 0.229 e. The SMILES string of the molecule is COc1cc(Nc2nccc(N3CCCC(C(=O)NCc4cccc(N5CCOCC5)c4)C3)n2)cc(OC)c1OC. The van der Waals surface area contributed by atoms with Crippen molar-refractivity contribution in [2.24, 2.45) is 5.92 Å². The van der Waals surface area contributed by atoms with E-state index in [1.54, 1.807) is 39.7 Å². The first-order chi connectivity index (χ1) is 20.1. The molecular weight excluding hydrogens is 524 g/mol. The van der Waals surface area contributed by atoms with E-state index < -0.39 is 0 Å². The molecule has 2 aliphatic rings. The highest BCUT2D eigenvalue weighted by molar-refractivity contribution is 5.79. The number of anilines is 4. The average molecular weight is 563 g/mol. The number of rotatable bonds is 10. The van der Waals surface area contributed by atoms with Crippen LogP contribution in [0.2, 0.25) is 0 Å². The molecule has 3 heterocycles. The highest BCUT2D eigenvalue weighted by Gasteiger charge is 2.27. The molecule has 218 valence electrons. The van der Waals surface area contributed by atoms with Crippen molar-refractivity contribution in [3.8, 4) is 17.2 Å². The Bertz CT molecular complexity index is 1310. The Hall–Kier alpha value is -4.25. The van der Waals surface area contributed by atoms with Gasteiger partial charge in [-0.05, 0) is 36.6 Å². The van der Waals surface area contributed by atoms with Gasteiger partial charge in [0.1, 0.15) is 5.82 Å². The van der Waals surface area contributed by atoms with E-state index in [0.29, 0.717) is 42.0 Å². The topological polar surface area (TPSA) is 110 Å². The molecule has 0 radical (unpaired) electrons. The number of methoxy groups -OCH3 is 3. The number of aromatic nitrogens is 2. The molecule has 5 rings (SSSR count). The van der Waals surface area contributed by atoms with Gasteiger partial charge in [-0.2, -0.15) is 4.98 Å². The predicted octanol–water partition coefficient (Wildman–Crippen LogP) is 3.62. The second-order valence-electron chi connectivity index (χ2n) is 10.0. The zero-order valence-electron chi connectivity index (χ0n) is 23.9. The van der Waals surface area contributed by atoms with Crippen LogP contribution in [-0.2, 0) is 16.1 Å². The molecule has 0 aliphatic carbocycles. The van der Waals surface area contributed by atoms with Crippen molar-refractivity contribution < 1.29 is 23.7 Å². The smallest absolute Gasteiger partial charge is 0.229 e. The molecule has 2 N–H and O–H groups in total. The quantitative estimate of drug-likeness (QED) is 0.380. The van der Waals surface area contributed by atoms with Gasteiger partial charge in [0.05, 0.1) is 40.5 Å². The summed E-state index contributed by atoms with van der Waals surface area (Å²) in [7, 11) is 4.71. The van der Waals surface area contributed by atoms with E-state index in [-0.39, 0.29) is 11.8 Å². The van der Waals surface area contributed by atoms with E-state index in [0.717, 1.165) is 57.1 Å². The summed E-state index contributed by atoms with van der Waals surface area (Å²) in [6.07, 6.45) is 3.47. The molecule has 1 unspecified atom stereocenters. The van der Waals surface area contributed by atoms with Crippen molar-refractivity contribution in [1.29, 1.82) is 0 Å². The molecular formula is C30H38N6O5. The largest absolute Gasteiger partial charge is 0.493 e. The lowest BCUT2D eigenvalue weighted by Gasteiger charge is -2.33. The number of ether oxygens (including phenoxy) is 4. The van der Waals surface area contributed by atoms with Crippen LogP contribution in [0.25, 0.3) is 0 Å². The maximum atomic E-state index is 13.2. The van der Waals surface area contributed by atoms with Gasteiger partial charge in [0, 0.05) is 62.4 Å². The number of morpholine rings is 1. The van der Waals surface area contributed by atoms with E-state index in [9.17, 15) is 4.79 Å². The summed E-state index contributed by atoms with van der Waals surface area (Å²) in [5, 5.41) is 6.39. The number of carbonyl (C=O) groups excluding carboxylic acids is 1. The van der Waals surface area contributed by atoms with Gasteiger partial charge in [-0.25, -0.2) is 4.98 Å². The van der Waals surface area contributed by atoms with Crippen molar-refractivity contribution in [3.05, 3.63) is 54.2 Å². The summed E-state index contributed by atoms with van der Waals surface area (Å²) in [5.41, 5.74) is 2.96. The third kappa shape index (κ3) is 6.91. The van der Waals surface area contributed by atoms with Crippen molar-refractivity contribution in [1.82, 2.24) is 15.3 Å². The van der Waals surface area contributed by atoms with E-state index >= 15 is 0 Å². The normalized spacial score (nSPS) is 17.1. The molecule has 1 atom stereocenters. The third-order valence-electron chi connectivity index (χ3n) is 7.43. The van der Waals surface area contributed by atoms with Gasteiger partial charge < -0.3 is 39.4 Å². The lowest BCUT2D eigenvalue weighted by Crippen LogP contribution is -2.43. The van der Waals surface area contributed by atoms with Crippen LogP contribution in [0.4, 0.5) is 23.1 Å². The van der Waals surface area contributed by atoms with Gasteiger partial charge in [0.25, 0.3) is 0 Å². The van der Waals surface area contributed by atoms with Crippen LogP contribution in [0.3, 0.4) is 0 Å². The van der Waals surface area contributed by atoms with Gasteiger partial charge in [0.2, 0.25) is 17.6 Å². The molecule has 0 bridgehead atoms. The molecule has 2 fully saturated rings. The van der Waals surface area contributed by atoms with Crippen molar-refractivity contribution >= 4 is 29.0 Å². The van der Waals surface area contributed by atoms with E-state index in [4.69, 9.17) is 23.9 Å². The molecule has 41 heavy (non-hydrogen) atoms. The average Bonchev–Trinajstić information content (AvgIpc) is 3.03. The van der Waals surface area contributed by atoms with Crippen LogP contribution in [0.1, 0.15) is 18.4 Å². The number of piperidine rings is 1. The zero-order chi connectivity index (χ0) is 28.6. The number of benzene rings is 2. The highest BCUT2D eigenvalue weighted by Crippen LogP contribution is 2.40. The van der Waals surface area contributed by atoms with Gasteiger partial charge in [0.15, 0.2) is 11.5 Å². The summed E-state index contributed by atoms with van der Waals surface area (Å²) in [5.74, 6) is 2.72. The van der Waals surface area contributed by atoms with Crippen LogP contribution in [0.15, 0.2) is 48.7 Å². The Kier molecular flexibility index (Phi) is 9.25. The summed E-state index contributed by atoms with van der Waals surface area (Å²) < 4.78 is 21.8. The fraction of sp³-hybridized carbons (Fsp3) is 0.433. The Morgan fingerprint density at radius 1 is 1.00 bits per heavy atom. The van der Waals surface area contributed by atoms with Gasteiger partial charge >= 0.3 is 0 Å². The first-order valence-corrected chi connectivity index (χ1v) is 13.9. The Morgan fingerprint density at radius 3 is 2.51 bits per heavy atom. The van der Waals surface area contributed by atoms with Gasteiger partial charge in [-0.1, -0.05) is 12.1 Å². The first kappa shape index (κ1) is 28.3. The van der Waals surface area contributed by atoms with E-state index in [2.05, 4.69) is 43.6 Å². The van der Waals surface area contributed by atoms with Crippen molar-refractivity contribution in [2.45, 2.75) is 19.4 Å². The molecule has 0 spiro atoms. The first-order valence-electron chi connectivity index (χ1n) is 13.9. The molecule has 11 heteroatoms. The molecule has 1 amide bonds. The molecule has 1 aromatic heterocycles. The van der Waals surface area contributed by atoms with Crippen molar-refractivity contribution in [3.63, 3.8) is 0 Å². The lowest BCUT2D eigenvalue weighted by atomic mass is 9.97. The highest BCUT2D eigenvalue weighted by atomic mass is 16.5. The van der Waals surface area contributed by atoms with Crippen LogP contribution < -0.4 is 34.6 Å². The second-order valence-corrected chi connectivity index (χ2v) is 10.0. The Balaban J connectivity index is 1.20. The van der Waals surface area contributed by atoms with Crippen LogP contribution in [0, 0.1) is 5.92 Å². The van der Waals surface area contributed by atoms with E-state index in [1.165, 1.54) is 5.69 Å². The fourth-order valence-electron chi connectivity index (χ4n) is 5.29. The molecule has 0 saturated carbocycles.